The van der Waals surface area contributed by atoms with E-state index >= 15 is 0 Å². The molecule has 0 aromatic carbocycles. The third kappa shape index (κ3) is 65.9. The number of ether oxygens (including phenoxy) is 1. The van der Waals surface area contributed by atoms with Gasteiger partial charge >= 0.3 is 5.97 Å². The average molecular weight is 1120 g/mol. The molecule has 2 atom stereocenters. The maximum absolute atomic E-state index is 12.6. The van der Waals surface area contributed by atoms with Gasteiger partial charge in [-0.1, -0.05) is 393 Å². The van der Waals surface area contributed by atoms with E-state index in [9.17, 15) is 19.8 Å². The highest BCUT2D eigenvalue weighted by atomic mass is 16.5. The molecule has 1 amide bonds. The summed E-state index contributed by atoms with van der Waals surface area (Å²) in [7, 11) is 0. The van der Waals surface area contributed by atoms with Gasteiger partial charge in [0.1, 0.15) is 0 Å². The van der Waals surface area contributed by atoms with Crippen molar-refractivity contribution >= 4 is 11.9 Å². The molecule has 6 nitrogen and oxygen atoms in total. The van der Waals surface area contributed by atoms with Crippen LogP contribution in [0.2, 0.25) is 0 Å². The average Bonchev–Trinajstić information content (AvgIpc) is 3.45. The number of carbonyl (C=O) groups is 2. The zero-order valence-corrected chi connectivity index (χ0v) is 54.2. The monoisotopic (exact) mass is 1120 g/mol. The second kappa shape index (κ2) is 69.4. The molecule has 472 valence electrons. The summed E-state index contributed by atoms with van der Waals surface area (Å²) in [4.78, 5) is 24.7. The minimum absolute atomic E-state index is 0.0178. The number of rotatable bonds is 70. The van der Waals surface area contributed by atoms with Gasteiger partial charge in [0.05, 0.1) is 25.4 Å². The highest BCUT2D eigenvalue weighted by Crippen LogP contribution is 2.20. The first-order valence-electron chi connectivity index (χ1n) is 36.8. The second-order valence-corrected chi connectivity index (χ2v) is 25.6. The third-order valence-corrected chi connectivity index (χ3v) is 17.7. The summed E-state index contributed by atoms with van der Waals surface area (Å²) in [6.07, 6.45) is 84.4. The molecule has 0 bridgehead atoms. The summed E-state index contributed by atoms with van der Waals surface area (Å²) < 4.78 is 5.51. The predicted octanol–water partition coefficient (Wildman–Crippen LogP) is 23.8. The minimum atomic E-state index is -0.665. The number of aliphatic hydroxyl groups is 2. The van der Waals surface area contributed by atoms with E-state index in [4.69, 9.17) is 4.74 Å². The lowest BCUT2D eigenvalue weighted by Crippen LogP contribution is -2.45. The first kappa shape index (κ1) is 77.9. The lowest BCUT2D eigenvalue weighted by atomic mass is 10.0. The Balaban J connectivity index is 3.36. The Morgan fingerprint density at radius 2 is 0.519 bits per heavy atom. The number of aliphatic hydroxyl groups excluding tert-OH is 2. The van der Waals surface area contributed by atoms with Crippen LogP contribution < -0.4 is 5.32 Å². The highest BCUT2D eigenvalue weighted by molar-refractivity contribution is 5.76. The van der Waals surface area contributed by atoms with E-state index in [2.05, 4.69) is 19.2 Å². The number of hydrogen-bond acceptors (Lipinski definition) is 5. The maximum Gasteiger partial charge on any atom is 0.305 e. The molecule has 0 aliphatic rings. The summed E-state index contributed by atoms with van der Waals surface area (Å²) in [5.41, 5.74) is 0. The van der Waals surface area contributed by atoms with Crippen molar-refractivity contribution in [2.24, 2.45) is 0 Å². The Bertz CT molecular complexity index is 1150. The van der Waals surface area contributed by atoms with E-state index in [0.29, 0.717) is 25.9 Å². The van der Waals surface area contributed by atoms with Crippen LogP contribution in [0.4, 0.5) is 0 Å². The Morgan fingerprint density at radius 3 is 0.772 bits per heavy atom. The molecule has 0 radical (unpaired) electrons. The molecule has 0 aromatic rings. The molecule has 0 aliphatic heterocycles. The second-order valence-electron chi connectivity index (χ2n) is 25.6. The number of nitrogens with one attached hydrogen (secondary N) is 1. The van der Waals surface area contributed by atoms with Crippen molar-refractivity contribution in [1.29, 1.82) is 0 Å². The van der Waals surface area contributed by atoms with Crippen LogP contribution in [0, 0.1) is 0 Å². The zero-order valence-electron chi connectivity index (χ0n) is 54.2. The molecule has 0 heterocycles. The molecule has 0 aliphatic carbocycles. The van der Waals surface area contributed by atoms with Crippen molar-refractivity contribution in [2.45, 2.75) is 443 Å². The van der Waals surface area contributed by atoms with E-state index in [1.165, 1.54) is 360 Å². The number of hydrogen-bond donors (Lipinski definition) is 3. The van der Waals surface area contributed by atoms with Crippen molar-refractivity contribution in [1.82, 2.24) is 5.32 Å². The maximum atomic E-state index is 12.6. The normalized spacial score (nSPS) is 12.4. The van der Waals surface area contributed by atoms with Crippen LogP contribution in [0.3, 0.4) is 0 Å². The molecule has 0 saturated carbocycles. The zero-order chi connectivity index (χ0) is 57.1. The fraction of sp³-hybridized carbons (Fsp3) is 0.973. The van der Waals surface area contributed by atoms with Gasteiger partial charge in [0.25, 0.3) is 0 Å². The Hall–Kier alpha value is -1.14. The molecule has 0 fully saturated rings. The van der Waals surface area contributed by atoms with Gasteiger partial charge in [0.2, 0.25) is 5.91 Å². The van der Waals surface area contributed by atoms with Crippen LogP contribution in [0.1, 0.15) is 431 Å². The highest BCUT2D eigenvalue weighted by Gasteiger charge is 2.20. The van der Waals surface area contributed by atoms with Gasteiger partial charge < -0.3 is 20.3 Å². The number of unbranched alkanes of at least 4 members (excludes halogenated alkanes) is 59. The van der Waals surface area contributed by atoms with Gasteiger partial charge in [-0.2, -0.15) is 0 Å². The largest absolute Gasteiger partial charge is 0.466 e. The molecular weight excluding hydrogens is 971 g/mol. The Labute approximate surface area is 496 Å². The molecule has 0 spiro atoms. The summed E-state index contributed by atoms with van der Waals surface area (Å²) in [5, 5.41) is 23.5. The molecule has 0 aromatic heterocycles. The van der Waals surface area contributed by atoms with Crippen molar-refractivity contribution in [3.05, 3.63) is 0 Å². The summed E-state index contributed by atoms with van der Waals surface area (Å²) in [6, 6.07) is -0.543. The topological polar surface area (TPSA) is 95.9 Å². The molecular formula is C73H145NO5. The summed E-state index contributed by atoms with van der Waals surface area (Å²) >= 11 is 0. The van der Waals surface area contributed by atoms with Crippen molar-refractivity contribution in [3.8, 4) is 0 Å². The first-order chi connectivity index (χ1) is 39.0. The van der Waals surface area contributed by atoms with E-state index in [0.717, 1.165) is 38.5 Å². The molecule has 2 unspecified atom stereocenters. The lowest BCUT2D eigenvalue weighted by molar-refractivity contribution is -0.143. The third-order valence-electron chi connectivity index (χ3n) is 17.7. The number of amides is 1. The molecule has 3 N–H and O–H groups in total. The SMILES string of the molecule is CCCCCCCCCCCCCCCCCCCCCCCCCCC(O)C(CO)NC(=O)CCCCCCCCCCCCCCCCCCCCCCCOC(=O)CCCCCCCCCCCCCCCCCCC. The van der Waals surface area contributed by atoms with Crippen molar-refractivity contribution < 1.29 is 24.5 Å². The van der Waals surface area contributed by atoms with Crippen LogP contribution in [-0.4, -0.2) is 47.4 Å². The van der Waals surface area contributed by atoms with Crippen LogP contribution >= 0.6 is 0 Å². The Morgan fingerprint density at radius 1 is 0.304 bits per heavy atom. The molecule has 79 heavy (non-hydrogen) atoms. The van der Waals surface area contributed by atoms with Crippen molar-refractivity contribution in [2.75, 3.05) is 13.2 Å². The van der Waals surface area contributed by atoms with Crippen LogP contribution in [0.15, 0.2) is 0 Å². The number of esters is 1. The van der Waals surface area contributed by atoms with Crippen molar-refractivity contribution in [3.63, 3.8) is 0 Å². The summed E-state index contributed by atoms with van der Waals surface area (Å²) in [5.74, 6) is -0.0119. The van der Waals surface area contributed by atoms with Gasteiger partial charge in [-0.3, -0.25) is 9.59 Å². The van der Waals surface area contributed by atoms with Crippen LogP contribution in [0.25, 0.3) is 0 Å². The fourth-order valence-corrected chi connectivity index (χ4v) is 12.1. The molecule has 0 saturated heterocycles. The van der Waals surface area contributed by atoms with Crippen LogP contribution in [-0.2, 0) is 14.3 Å². The first-order valence-corrected chi connectivity index (χ1v) is 36.8. The van der Waals surface area contributed by atoms with Crippen LogP contribution in [0.5, 0.6) is 0 Å². The van der Waals surface area contributed by atoms with E-state index in [-0.39, 0.29) is 18.5 Å². The van der Waals surface area contributed by atoms with Gasteiger partial charge in [0.15, 0.2) is 0 Å². The lowest BCUT2D eigenvalue weighted by Gasteiger charge is -2.22. The minimum Gasteiger partial charge on any atom is -0.466 e. The molecule has 0 rings (SSSR count). The van der Waals surface area contributed by atoms with Gasteiger partial charge in [-0.05, 0) is 25.7 Å². The number of carbonyl (C=O) groups excluding carboxylic acids is 2. The Kier molecular flexibility index (Phi) is 68.4. The predicted molar refractivity (Wildman–Crippen MR) is 347 cm³/mol. The standard InChI is InChI=1S/C73H145NO5/c1-3-5-7-9-11-13-15-17-19-21-22-23-24-25-27-30-34-37-41-45-49-53-57-61-65-71(76)70(69-75)74-72(77)66-62-58-54-50-46-42-38-35-31-28-26-29-32-36-40-44-48-52-56-60-64-68-79-73(78)67-63-59-55-51-47-43-39-33-20-18-16-14-12-10-8-6-4-2/h70-71,75-76H,3-69H2,1-2H3,(H,74,77). The van der Waals surface area contributed by atoms with Gasteiger partial charge in [0, 0.05) is 12.8 Å². The van der Waals surface area contributed by atoms with E-state index in [1.807, 2.05) is 0 Å². The van der Waals surface area contributed by atoms with Gasteiger partial charge in [-0.15, -0.1) is 0 Å². The fourth-order valence-electron chi connectivity index (χ4n) is 12.1. The van der Waals surface area contributed by atoms with E-state index < -0.39 is 12.1 Å². The smallest absolute Gasteiger partial charge is 0.305 e. The van der Waals surface area contributed by atoms with Gasteiger partial charge in [-0.25, -0.2) is 0 Å². The summed E-state index contributed by atoms with van der Waals surface area (Å²) in [6.45, 7) is 5.01. The molecule has 6 heteroatoms. The van der Waals surface area contributed by atoms with E-state index in [1.54, 1.807) is 0 Å². The quantitative estimate of drug-likeness (QED) is 0.0417.